The van der Waals surface area contributed by atoms with E-state index in [1.54, 1.807) is 18.7 Å². The summed E-state index contributed by atoms with van der Waals surface area (Å²) >= 11 is 0. The van der Waals surface area contributed by atoms with Crippen LogP contribution in [0, 0.1) is 13.8 Å². The first-order valence-corrected chi connectivity index (χ1v) is 6.52. The van der Waals surface area contributed by atoms with Crippen LogP contribution in [0.5, 0.6) is 0 Å². The molecule has 9 heteroatoms. The van der Waals surface area contributed by atoms with Gasteiger partial charge in [-0.25, -0.2) is 0 Å². The number of β-amino-alcohol motifs (C(OH)–C–C–N with tert-alkyl or cyclic N) is 1. The van der Waals surface area contributed by atoms with E-state index >= 15 is 0 Å². The summed E-state index contributed by atoms with van der Waals surface area (Å²) in [6.07, 6.45) is -4.52. The summed E-state index contributed by atoms with van der Waals surface area (Å²) in [4.78, 5) is 1.78. The van der Waals surface area contributed by atoms with Crippen LogP contribution in [-0.4, -0.2) is 44.1 Å². The first-order chi connectivity index (χ1) is 9.79. The molecule has 0 unspecified atom stereocenters. The zero-order valence-electron chi connectivity index (χ0n) is 11.5. The van der Waals surface area contributed by atoms with Crippen LogP contribution in [-0.2, 0) is 6.18 Å². The zero-order chi connectivity index (χ0) is 15.4. The Morgan fingerprint density at radius 2 is 1.90 bits per heavy atom. The minimum atomic E-state index is -4.62. The fourth-order valence-electron chi connectivity index (χ4n) is 2.52. The van der Waals surface area contributed by atoms with Crippen molar-refractivity contribution in [3.05, 3.63) is 17.0 Å². The Kier molecular flexibility index (Phi) is 3.05. The third-order valence-corrected chi connectivity index (χ3v) is 3.79. The Bertz CT molecular complexity index is 696. The highest BCUT2D eigenvalue weighted by Gasteiger charge is 2.38. The molecule has 0 aliphatic carbocycles. The molecule has 0 amide bonds. The molecule has 1 saturated heterocycles. The maximum Gasteiger partial charge on any atom is 0.453 e. The van der Waals surface area contributed by atoms with Gasteiger partial charge in [0.2, 0.25) is 0 Å². The van der Waals surface area contributed by atoms with Gasteiger partial charge in [-0.2, -0.15) is 17.7 Å². The van der Waals surface area contributed by atoms with Crippen LogP contribution in [0.4, 0.5) is 19.0 Å². The van der Waals surface area contributed by atoms with Gasteiger partial charge in [0.05, 0.1) is 6.10 Å². The first kappa shape index (κ1) is 14.1. The minimum absolute atomic E-state index is 0.100. The topological polar surface area (TPSA) is 66.5 Å². The lowest BCUT2D eigenvalue weighted by Gasteiger charge is -2.20. The van der Waals surface area contributed by atoms with Crippen molar-refractivity contribution in [1.82, 2.24) is 19.8 Å². The van der Waals surface area contributed by atoms with Crippen LogP contribution in [0.3, 0.4) is 0 Å². The monoisotopic (exact) mass is 301 g/mol. The van der Waals surface area contributed by atoms with E-state index in [-0.39, 0.29) is 5.65 Å². The Morgan fingerprint density at radius 3 is 2.48 bits per heavy atom. The lowest BCUT2D eigenvalue weighted by atomic mass is 10.2. The lowest BCUT2D eigenvalue weighted by molar-refractivity contribution is -0.146. The third-order valence-electron chi connectivity index (χ3n) is 3.79. The van der Waals surface area contributed by atoms with Gasteiger partial charge >= 0.3 is 6.18 Å². The van der Waals surface area contributed by atoms with Crippen molar-refractivity contribution in [2.75, 3.05) is 18.0 Å². The van der Waals surface area contributed by atoms with Crippen LogP contribution in [0.25, 0.3) is 5.65 Å². The summed E-state index contributed by atoms with van der Waals surface area (Å²) in [5.74, 6) is -0.705. The van der Waals surface area contributed by atoms with Crippen LogP contribution >= 0.6 is 0 Å². The van der Waals surface area contributed by atoms with Gasteiger partial charge in [-0.05, 0) is 20.3 Å². The smallest absolute Gasteiger partial charge is 0.391 e. The molecule has 2 aromatic rings. The molecule has 1 atom stereocenters. The number of fused-ring (bicyclic) bond motifs is 1. The van der Waals surface area contributed by atoms with Gasteiger partial charge in [-0.1, -0.05) is 0 Å². The fraction of sp³-hybridized carbons (Fsp3) is 0.583. The van der Waals surface area contributed by atoms with Gasteiger partial charge in [-0.15, -0.1) is 15.3 Å². The highest BCUT2D eigenvalue weighted by Crippen LogP contribution is 2.31. The van der Waals surface area contributed by atoms with Crippen molar-refractivity contribution in [2.24, 2.45) is 0 Å². The standard InChI is InChI=1S/C12H14F3N5O/c1-6-7(2)10(19-4-3-8(21)5-19)18-20-9(6)16-17-11(20)12(13,14)15/h8,21H,3-5H2,1-2H3/t8-/m0/s1. The van der Waals surface area contributed by atoms with E-state index < -0.39 is 18.1 Å². The molecule has 3 rings (SSSR count). The van der Waals surface area contributed by atoms with E-state index in [4.69, 9.17) is 0 Å². The molecule has 114 valence electrons. The van der Waals surface area contributed by atoms with Crippen LogP contribution in [0.2, 0.25) is 0 Å². The number of aromatic nitrogens is 4. The van der Waals surface area contributed by atoms with Crippen LogP contribution < -0.4 is 4.90 Å². The summed E-state index contributed by atoms with van der Waals surface area (Å²) in [5.41, 5.74) is 1.45. The Labute approximate surface area is 118 Å². The predicted molar refractivity (Wildman–Crippen MR) is 68.1 cm³/mol. The van der Waals surface area contributed by atoms with E-state index in [0.717, 1.165) is 10.1 Å². The van der Waals surface area contributed by atoms with E-state index in [1.165, 1.54) is 0 Å². The number of hydrogen-bond acceptors (Lipinski definition) is 5. The van der Waals surface area contributed by atoms with Gasteiger partial charge in [-0.3, -0.25) is 0 Å². The molecule has 0 saturated carbocycles. The summed E-state index contributed by atoms with van der Waals surface area (Å²) in [5, 5.41) is 20.5. The van der Waals surface area contributed by atoms with Crippen LogP contribution in [0.15, 0.2) is 0 Å². The molecular formula is C12H14F3N5O. The van der Waals surface area contributed by atoms with Crippen molar-refractivity contribution in [1.29, 1.82) is 0 Å². The number of rotatable bonds is 1. The number of anilines is 1. The van der Waals surface area contributed by atoms with Gasteiger partial charge in [0, 0.05) is 24.2 Å². The lowest BCUT2D eigenvalue weighted by Crippen LogP contribution is -2.25. The number of aliphatic hydroxyl groups excluding tert-OH is 1. The van der Waals surface area contributed by atoms with E-state index in [2.05, 4.69) is 15.3 Å². The Hall–Kier alpha value is -1.90. The fourth-order valence-corrected chi connectivity index (χ4v) is 2.52. The van der Waals surface area contributed by atoms with Crippen molar-refractivity contribution in [2.45, 2.75) is 32.5 Å². The van der Waals surface area contributed by atoms with Gasteiger partial charge in [0.25, 0.3) is 5.82 Å². The van der Waals surface area contributed by atoms with E-state index in [0.29, 0.717) is 30.9 Å². The second-order valence-electron chi connectivity index (χ2n) is 5.22. The van der Waals surface area contributed by atoms with Crippen molar-refractivity contribution >= 4 is 11.5 Å². The molecule has 6 nitrogen and oxygen atoms in total. The highest BCUT2D eigenvalue weighted by molar-refractivity contribution is 5.59. The number of aliphatic hydroxyl groups is 1. The largest absolute Gasteiger partial charge is 0.453 e. The summed E-state index contributed by atoms with van der Waals surface area (Å²) < 4.78 is 39.6. The molecule has 1 aliphatic rings. The predicted octanol–water partition coefficient (Wildman–Crippen LogP) is 1.33. The Morgan fingerprint density at radius 1 is 1.19 bits per heavy atom. The second-order valence-corrected chi connectivity index (χ2v) is 5.22. The average Bonchev–Trinajstić information content (AvgIpc) is 2.99. The average molecular weight is 301 g/mol. The van der Waals surface area contributed by atoms with Gasteiger partial charge in [0.1, 0.15) is 0 Å². The quantitative estimate of drug-likeness (QED) is 0.861. The number of halogens is 3. The molecule has 0 aromatic carbocycles. The summed E-state index contributed by atoms with van der Waals surface area (Å²) in [6, 6.07) is 0. The van der Waals surface area contributed by atoms with Gasteiger partial charge in [0.15, 0.2) is 11.5 Å². The van der Waals surface area contributed by atoms with E-state index in [1.807, 2.05) is 0 Å². The number of hydrogen-bond donors (Lipinski definition) is 1. The second kappa shape index (κ2) is 4.55. The summed E-state index contributed by atoms with van der Waals surface area (Å²) in [7, 11) is 0. The molecule has 3 heterocycles. The zero-order valence-corrected chi connectivity index (χ0v) is 11.5. The first-order valence-electron chi connectivity index (χ1n) is 6.52. The molecule has 0 spiro atoms. The maximum atomic E-state index is 12.9. The molecule has 21 heavy (non-hydrogen) atoms. The SMILES string of the molecule is Cc1c(N2CC[C@H](O)C2)nn2c(C(F)(F)F)nnc2c1C. The van der Waals surface area contributed by atoms with E-state index in [9.17, 15) is 18.3 Å². The molecule has 1 N–H and O–H groups in total. The van der Waals surface area contributed by atoms with Crippen LogP contribution in [0.1, 0.15) is 23.4 Å². The molecule has 1 fully saturated rings. The number of alkyl halides is 3. The summed E-state index contributed by atoms with van der Waals surface area (Å²) in [6.45, 7) is 4.40. The number of nitrogens with zero attached hydrogens (tertiary/aromatic N) is 5. The third kappa shape index (κ3) is 2.21. The molecule has 0 bridgehead atoms. The Balaban J connectivity index is 2.19. The number of aryl methyl sites for hydroxylation is 1. The normalized spacial score (nSPS) is 19.7. The molecular weight excluding hydrogens is 287 g/mol. The van der Waals surface area contributed by atoms with Gasteiger partial charge < -0.3 is 10.0 Å². The van der Waals surface area contributed by atoms with Crippen molar-refractivity contribution in [3.8, 4) is 0 Å². The van der Waals surface area contributed by atoms with Crippen molar-refractivity contribution < 1.29 is 18.3 Å². The van der Waals surface area contributed by atoms with Crippen molar-refractivity contribution in [3.63, 3.8) is 0 Å². The molecule has 1 aliphatic heterocycles. The molecule has 2 aromatic heterocycles. The molecule has 0 radical (unpaired) electrons. The maximum absolute atomic E-state index is 12.9. The minimum Gasteiger partial charge on any atom is -0.391 e. The highest BCUT2D eigenvalue weighted by atomic mass is 19.4.